The molecule has 2 aliphatic rings. The highest BCUT2D eigenvalue weighted by Crippen LogP contribution is 2.48. The van der Waals surface area contributed by atoms with E-state index in [-0.39, 0.29) is 11.4 Å². The Morgan fingerprint density at radius 3 is 2.86 bits per heavy atom. The molecule has 6 heteroatoms. The first-order chi connectivity index (χ1) is 13.8. The molecule has 4 nitrogen and oxygen atoms in total. The van der Waals surface area contributed by atoms with Gasteiger partial charge in [0.15, 0.2) is 0 Å². The van der Waals surface area contributed by atoms with Gasteiger partial charge < -0.3 is 9.22 Å². The monoisotopic (exact) mass is 417 g/mol. The highest BCUT2D eigenvalue weighted by atomic mass is 35.5. The van der Waals surface area contributed by atoms with Gasteiger partial charge in [0, 0.05) is 29.8 Å². The van der Waals surface area contributed by atoms with Crippen molar-refractivity contribution in [1.29, 1.82) is 0 Å². The fraction of sp³-hybridized carbons (Fsp3) is 0.435. The van der Waals surface area contributed by atoms with Gasteiger partial charge in [-0.05, 0) is 48.7 Å². The Labute approximate surface area is 176 Å². The SMILES string of the molecule is C[N+]1(C)C2CCCC1(COC(=O)Nc1ccc(F)cc1-c1cccc(Cl)c1)CC2. The molecule has 2 aliphatic heterocycles. The fourth-order valence-corrected chi connectivity index (χ4v) is 5.35. The molecule has 2 atom stereocenters. The minimum atomic E-state index is -0.511. The van der Waals surface area contributed by atoms with E-state index in [2.05, 4.69) is 19.4 Å². The topological polar surface area (TPSA) is 38.3 Å². The number of nitrogens with zero attached hydrogens (tertiary/aromatic N) is 1. The van der Waals surface area contributed by atoms with Crippen LogP contribution in [0, 0.1) is 5.82 Å². The summed E-state index contributed by atoms with van der Waals surface area (Å²) < 4.78 is 20.5. The molecule has 2 heterocycles. The predicted octanol–water partition coefficient (Wildman–Crippen LogP) is 5.86. The van der Waals surface area contributed by atoms with Crippen LogP contribution in [0.5, 0.6) is 0 Å². The van der Waals surface area contributed by atoms with Crippen molar-refractivity contribution in [1.82, 2.24) is 0 Å². The lowest BCUT2D eigenvalue weighted by atomic mass is 9.87. The van der Waals surface area contributed by atoms with Gasteiger partial charge in [0.1, 0.15) is 18.0 Å². The van der Waals surface area contributed by atoms with E-state index >= 15 is 0 Å². The molecule has 0 spiro atoms. The second-order valence-corrected chi connectivity index (χ2v) is 9.19. The van der Waals surface area contributed by atoms with Gasteiger partial charge in [0.05, 0.1) is 25.8 Å². The number of anilines is 1. The Kier molecular flexibility index (Phi) is 5.30. The number of piperidine rings is 1. The van der Waals surface area contributed by atoms with E-state index in [1.165, 1.54) is 31.4 Å². The molecule has 0 saturated carbocycles. The smallest absolute Gasteiger partial charge is 0.411 e. The predicted molar refractivity (Wildman–Crippen MR) is 114 cm³/mol. The third-order valence-electron chi connectivity index (χ3n) is 7.08. The van der Waals surface area contributed by atoms with Gasteiger partial charge in [0.2, 0.25) is 0 Å². The molecule has 2 unspecified atom stereocenters. The molecule has 1 amide bonds. The number of hydrogen-bond donors (Lipinski definition) is 1. The van der Waals surface area contributed by atoms with Crippen molar-refractivity contribution in [2.45, 2.75) is 43.7 Å². The van der Waals surface area contributed by atoms with Crippen molar-refractivity contribution in [2.24, 2.45) is 0 Å². The molecule has 0 aromatic heterocycles. The molecule has 0 aliphatic carbocycles. The first kappa shape index (κ1) is 20.2. The van der Waals surface area contributed by atoms with Crippen LogP contribution in [0.3, 0.4) is 0 Å². The minimum Gasteiger partial charge on any atom is -0.443 e. The number of fused-ring (bicyclic) bond motifs is 2. The second kappa shape index (κ2) is 7.62. The van der Waals surface area contributed by atoms with Crippen molar-refractivity contribution in [2.75, 3.05) is 26.0 Å². The summed E-state index contributed by atoms with van der Waals surface area (Å²) in [5.41, 5.74) is 1.79. The van der Waals surface area contributed by atoms with Crippen molar-refractivity contribution in [3.05, 3.63) is 53.3 Å². The number of benzene rings is 2. The van der Waals surface area contributed by atoms with Crippen LogP contribution >= 0.6 is 11.6 Å². The van der Waals surface area contributed by atoms with E-state index < -0.39 is 6.09 Å². The van der Waals surface area contributed by atoms with Crippen LogP contribution in [-0.4, -0.2) is 42.9 Å². The van der Waals surface area contributed by atoms with Crippen LogP contribution in [0.2, 0.25) is 5.02 Å². The molecule has 2 saturated heterocycles. The van der Waals surface area contributed by atoms with Gasteiger partial charge >= 0.3 is 6.09 Å². The third-order valence-corrected chi connectivity index (χ3v) is 7.32. The number of rotatable bonds is 4. The molecule has 2 aromatic rings. The minimum absolute atomic E-state index is 0.00115. The Bertz CT molecular complexity index is 929. The first-order valence-electron chi connectivity index (χ1n) is 10.1. The molecule has 154 valence electrons. The van der Waals surface area contributed by atoms with Gasteiger partial charge in [-0.2, -0.15) is 0 Å². The number of halogens is 2. The van der Waals surface area contributed by atoms with Crippen molar-refractivity contribution < 1.29 is 18.4 Å². The molecule has 4 rings (SSSR count). The number of nitrogens with one attached hydrogen (secondary N) is 1. The van der Waals surface area contributed by atoms with Gasteiger partial charge in [0.25, 0.3) is 0 Å². The van der Waals surface area contributed by atoms with Gasteiger partial charge in [-0.15, -0.1) is 0 Å². The van der Waals surface area contributed by atoms with Gasteiger partial charge in [-0.25, -0.2) is 9.18 Å². The summed E-state index contributed by atoms with van der Waals surface area (Å²) in [6.07, 6.45) is 5.28. The van der Waals surface area contributed by atoms with E-state index in [0.717, 1.165) is 22.9 Å². The maximum absolute atomic E-state index is 13.9. The highest BCUT2D eigenvalue weighted by molar-refractivity contribution is 6.30. The Morgan fingerprint density at radius 2 is 2.07 bits per heavy atom. The lowest BCUT2D eigenvalue weighted by Crippen LogP contribution is -2.63. The van der Waals surface area contributed by atoms with Crippen molar-refractivity contribution in [3.63, 3.8) is 0 Å². The van der Waals surface area contributed by atoms with E-state index in [9.17, 15) is 9.18 Å². The molecule has 1 N–H and O–H groups in total. The number of ether oxygens (including phenoxy) is 1. The molecule has 0 radical (unpaired) electrons. The van der Waals surface area contributed by atoms with Crippen LogP contribution in [0.1, 0.15) is 32.1 Å². The second-order valence-electron chi connectivity index (χ2n) is 8.75. The first-order valence-corrected chi connectivity index (χ1v) is 10.5. The summed E-state index contributed by atoms with van der Waals surface area (Å²) in [7, 11) is 4.52. The van der Waals surface area contributed by atoms with Crippen LogP contribution in [0.15, 0.2) is 42.5 Å². The van der Waals surface area contributed by atoms with E-state index in [4.69, 9.17) is 16.3 Å². The van der Waals surface area contributed by atoms with Crippen LogP contribution in [0.25, 0.3) is 11.1 Å². The largest absolute Gasteiger partial charge is 0.443 e. The number of likely N-dealkylation sites (N-methyl/N-ethyl adjacent to an activating group) is 1. The summed E-state index contributed by atoms with van der Waals surface area (Å²) >= 11 is 6.08. The Morgan fingerprint density at radius 1 is 1.24 bits per heavy atom. The highest BCUT2D eigenvalue weighted by Gasteiger charge is 2.58. The number of carbonyl (C=O) groups excluding carboxylic acids is 1. The maximum atomic E-state index is 13.9. The zero-order valence-corrected chi connectivity index (χ0v) is 17.6. The van der Waals surface area contributed by atoms with Gasteiger partial charge in [-0.3, -0.25) is 5.32 Å². The Balaban J connectivity index is 1.49. The summed E-state index contributed by atoms with van der Waals surface area (Å²) in [6, 6.07) is 12.0. The lowest BCUT2D eigenvalue weighted by Gasteiger charge is -2.49. The standard InChI is InChI=1S/C23H26ClFN2O2/c1-27(2)19-7-4-11-23(27,12-10-19)15-29-22(28)26-21-9-8-18(25)14-20(21)16-5-3-6-17(24)13-16/h3,5-6,8-9,13-14,19H,4,7,10-12,15H2,1-2H3/p+1. The molecule has 2 aromatic carbocycles. The quantitative estimate of drug-likeness (QED) is 0.633. The Hall–Kier alpha value is -2.11. The average molecular weight is 418 g/mol. The molecule has 2 bridgehead atoms. The number of quaternary nitrogens is 1. The van der Waals surface area contributed by atoms with Crippen molar-refractivity contribution in [3.8, 4) is 11.1 Å². The zero-order chi connectivity index (χ0) is 20.6. The molecule has 2 fully saturated rings. The molecular weight excluding hydrogens is 391 g/mol. The number of amides is 1. The summed E-state index contributed by atoms with van der Waals surface area (Å²) in [4.78, 5) is 12.6. The van der Waals surface area contributed by atoms with Gasteiger partial charge in [-0.1, -0.05) is 23.7 Å². The van der Waals surface area contributed by atoms with Crippen molar-refractivity contribution >= 4 is 23.4 Å². The third kappa shape index (κ3) is 3.74. The molecule has 29 heavy (non-hydrogen) atoms. The zero-order valence-electron chi connectivity index (χ0n) is 16.9. The van der Waals surface area contributed by atoms with Crippen LogP contribution in [0.4, 0.5) is 14.9 Å². The molecular formula is C23H27ClFN2O2+. The lowest BCUT2D eigenvalue weighted by molar-refractivity contribution is -0.956. The average Bonchev–Trinajstić information content (AvgIpc) is 2.84. The van der Waals surface area contributed by atoms with E-state index in [1.54, 1.807) is 24.3 Å². The maximum Gasteiger partial charge on any atom is 0.411 e. The summed E-state index contributed by atoms with van der Waals surface area (Å²) in [5.74, 6) is -0.379. The van der Waals surface area contributed by atoms with E-state index in [1.807, 2.05) is 6.07 Å². The van der Waals surface area contributed by atoms with Crippen LogP contribution < -0.4 is 5.32 Å². The van der Waals surface area contributed by atoms with E-state index in [0.29, 0.717) is 28.9 Å². The normalized spacial score (nSPS) is 24.9. The summed E-state index contributed by atoms with van der Waals surface area (Å²) in [5, 5.41) is 3.35. The fourth-order valence-electron chi connectivity index (χ4n) is 5.16. The summed E-state index contributed by atoms with van der Waals surface area (Å²) in [6.45, 7) is 0.399. The van der Waals surface area contributed by atoms with Crippen LogP contribution in [-0.2, 0) is 4.74 Å². The number of carbonyl (C=O) groups is 1. The number of hydrogen-bond acceptors (Lipinski definition) is 2.